The number of hydrogen-bond donors (Lipinski definition) is 9. The molecule has 0 amide bonds. The largest absolute Gasteiger partial charge is 0.420 e. The average molecular weight is 1240 g/mol. The molecular weight excluding hydrogens is 1170 g/mol. The van der Waals surface area contributed by atoms with Crippen molar-refractivity contribution in [1.82, 2.24) is 0 Å². The van der Waals surface area contributed by atoms with E-state index < -0.39 is 207 Å². The lowest BCUT2D eigenvalue weighted by atomic mass is 9.70. The van der Waals surface area contributed by atoms with Gasteiger partial charge in [0.2, 0.25) is 46.4 Å². The number of halogens is 9. The summed E-state index contributed by atoms with van der Waals surface area (Å²) in [6.07, 6.45) is -21.7. The SMILES string of the molecule is NCCOCCOCCOCCOCCC(=O)Oc1c(F)c(F)c(F)c(CC(CCOCCOCCOCCOCCC(=O)Oc2c(F)c(F)c(F)c(F)c2F)(CCO[C@@H]2O[C@H](CO)[C@H](O)[C@H](O)[C@H]2O)C[C@@H]2O[C@H](CO)[C@H](O)[C@H](O)[C@H]2O)c1F. The van der Waals surface area contributed by atoms with Crippen LogP contribution in [-0.2, 0) is 68.1 Å². The number of benzene rings is 2. The number of carbonyl (C=O) groups is 2. The quantitative estimate of drug-likeness (QED) is 0.0103. The Morgan fingerprint density at radius 3 is 1.23 bits per heavy atom. The van der Waals surface area contributed by atoms with Crippen LogP contribution in [0.15, 0.2) is 0 Å². The van der Waals surface area contributed by atoms with E-state index in [-0.39, 0.29) is 85.7 Å². The molecule has 1 unspecified atom stereocenters. The summed E-state index contributed by atoms with van der Waals surface area (Å²) in [6, 6.07) is 0. The topological polar surface area (TPSA) is 342 Å². The molecule has 2 aliphatic rings. The molecule has 2 aliphatic heterocycles. The second-order valence-corrected chi connectivity index (χ2v) is 18.9. The van der Waals surface area contributed by atoms with E-state index in [0.29, 0.717) is 26.4 Å². The molecule has 84 heavy (non-hydrogen) atoms. The molecule has 2 saturated heterocycles. The van der Waals surface area contributed by atoms with Gasteiger partial charge in [0, 0.05) is 18.7 Å². The van der Waals surface area contributed by atoms with Crippen LogP contribution in [0.5, 0.6) is 11.5 Å². The van der Waals surface area contributed by atoms with Crippen LogP contribution in [0.2, 0.25) is 0 Å². The van der Waals surface area contributed by atoms with Crippen LogP contribution in [0, 0.1) is 57.8 Å². The zero-order valence-electron chi connectivity index (χ0n) is 45.3. The van der Waals surface area contributed by atoms with Crippen LogP contribution in [0.1, 0.15) is 37.7 Å². The van der Waals surface area contributed by atoms with Gasteiger partial charge < -0.3 is 108 Å². The molecule has 10 N–H and O–H groups in total. The van der Waals surface area contributed by atoms with E-state index in [1.165, 1.54) is 0 Å². The monoisotopic (exact) mass is 1240 g/mol. The molecule has 0 radical (unpaired) electrons. The Morgan fingerprint density at radius 1 is 0.417 bits per heavy atom. The van der Waals surface area contributed by atoms with E-state index in [1.54, 1.807) is 0 Å². The summed E-state index contributed by atoms with van der Waals surface area (Å²) < 4.78 is 200. The highest BCUT2D eigenvalue weighted by molar-refractivity contribution is 5.73. The lowest BCUT2D eigenvalue weighted by molar-refractivity contribution is -0.302. The number of nitrogens with two attached hydrogens (primary N) is 1. The number of ether oxygens (including phenoxy) is 13. The number of hydrogen-bond acceptors (Lipinski definition) is 24. The van der Waals surface area contributed by atoms with Gasteiger partial charge in [-0.15, -0.1) is 0 Å². The highest BCUT2D eigenvalue weighted by atomic mass is 19.2. The highest BCUT2D eigenvalue weighted by Crippen LogP contribution is 2.43. The van der Waals surface area contributed by atoms with Gasteiger partial charge in [-0.2, -0.15) is 13.2 Å². The van der Waals surface area contributed by atoms with E-state index in [9.17, 15) is 72.4 Å². The molecule has 33 heteroatoms. The number of carbonyl (C=O) groups excluding carboxylic acids is 2. The Balaban J connectivity index is 1.42. The van der Waals surface area contributed by atoms with Crippen molar-refractivity contribution < 1.29 is 152 Å². The molecule has 0 spiro atoms. The molecule has 2 aromatic carbocycles. The van der Waals surface area contributed by atoms with Gasteiger partial charge in [0.25, 0.3) is 0 Å². The molecule has 2 fully saturated rings. The number of esters is 2. The first-order chi connectivity index (χ1) is 40.1. The van der Waals surface area contributed by atoms with Crippen LogP contribution < -0.4 is 15.2 Å². The summed E-state index contributed by atoms with van der Waals surface area (Å²) >= 11 is 0. The van der Waals surface area contributed by atoms with E-state index >= 15 is 17.6 Å². The maximum atomic E-state index is 16.6. The van der Waals surface area contributed by atoms with E-state index in [2.05, 4.69) is 4.74 Å². The fourth-order valence-corrected chi connectivity index (χ4v) is 8.44. The van der Waals surface area contributed by atoms with E-state index in [1.807, 2.05) is 0 Å². The van der Waals surface area contributed by atoms with Gasteiger partial charge >= 0.3 is 11.9 Å². The Hall–Kier alpha value is -4.05. The van der Waals surface area contributed by atoms with Gasteiger partial charge in [0.15, 0.2) is 23.7 Å². The first-order valence-electron chi connectivity index (χ1n) is 26.5. The Bertz CT molecular complexity index is 2270. The number of rotatable bonds is 41. The highest BCUT2D eigenvalue weighted by Gasteiger charge is 2.49. The second kappa shape index (κ2) is 37.6. The van der Waals surface area contributed by atoms with E-state index in [0.717, 1.165) is 0 Å². The Morgan fingerprint density at radius 2 is 0.774 bits per heavy atom. The molecule has 0 bridgehead atoms. The van der Waals surface area contributed by atoms with Gasteiger partial charge in [0.1, 0.15) is 48.8 Å². The summed E-state index contributed by atoms with van der Waals surface area (Å²) in [7, 11) is 0. The van der Waals surface area contributed by atoms with Crippen molar-refractivity contribution >= 4 is 11.9 Å². The minimum Gasteiger partial charge on any atom is -0.420 e. The second-order valence-electron chi connectivity index (χ2n) is 18.9. The normalized spacial score (nSPS) is 23.5. The minimum absolute atomic E-state index is 0.0426. The Kier molecular flexibility index (Phi) is 32.4. The van der Waals surface area contributed by atoms with Crippen molar-refractivity contribution in [3.63, 3.8) is 0 Å². The molecule has 0 saturated carbocycles. The maximum Gasteiger partial charge on any atom is 0.313 e. The molecule has 0 aliphatic carbocycles. The Labute approximate surface area is 475 Å². The molecule has 2 heterocycles. The third-order valence-electron chi connectivity index (χ3n) is 13.0. The molecule has 24 nitrogen and oxygen atoms in total. The molecule has 4 rings (SSSR count). The van der Waals surface area contributed by atoms with Crippen LogP contribution in [0.4, 0.5) is 39.5 Å². The smallest absolute Gasteiger partial charge is 0.313 e. The lowest BCUT2D eigenvalue weighted by Gasteiger charge is -2.45. The van der Waals surface area contributed by atoms with Crippen molar-refractivity contribution in [3.8, 4) is 11.5 Å². The van der Waals surface area contributed by atoms with Gasteiger partial charge in [-0.1, -0.05) is 0 Å². The third-order valence-corrected chi connectivity index (χ3v) is 13.0. The summed E-state index contributed by atoms with van der Waals surface area (Å²) in [6.45, 7) is -2.37. The van der Waals surface area contributed by atoms with Crippen molar-refractivity contribution in [2.75, 3.05) is 132 Å². The first-order valence-corrected chi connectivity index (χ1v) is 26.5. The average Bonchev–Trinajstić information content (AvgIpc) is 2.45. The van der Waals surface area contributed by atoms with Crippen LogP contribution in [-0.4, -0.2) is 246 Å². The lowest BCUT2D eigenvalue weighted by Crippen LogP contribution is -2.59. The van der Waals surface area contributed by atoms with Crippen LogP contribution in [0.3, 0.4) is 0 Å². The fraction of sp³-hybridized carbons (Fsp3) is 0.725. The minimum atomic E-state index is -2.44. The maximum absolute atomic E-state index is 16.6. The van der Waals surface area contributed by atoms with Gasteiger partial charge in [-0.25, -0.2) is 26.3 Å². The zero-order valence-corrected chi connectivity index (χ0v) is 45.3. The first kappa shape index (κ1) is 72.4. The summed E-state index contributed by atoms with van der Waals surface area (Å²) in [5.74, 6) is -26.3. The van der Waals surface area contributed by atoms with Gasteiger partial charge in [-0.3, -0.25) is 9.59 Å². The van der Waals surface area contributed by atoms with Crippen molar-refractivity contribution in [3.05, 3.63) is 57.9 Å². The number of aliphatic hydroxyl groups excluding tert-OH is 8. The predicted molar refractivity (Wildman–Crippen MR) is 262 cm³/mol. The van der Waals surface area contributed by atoms with Crippen LogP contribution >= 0.6 is 0 Å². The third kappa shape index (κ3) is 21.7. The molecule has 0 aromatic heterocycles. The summed E-state index contributed by atoms with van der Waals surface area (Å²) in [5.41, 5.74) is 2.25. The van der Waals surface area contributed by atoms with Crippen molar-refractivity contribution in [1.29, 1.82) is 0 Å². The van der Waals surface area contributed by atoms with Crippen molar-refractivity contribution in [2.24, 2.45) is 11.1 Å². The summed E-state index contributed by atoms with van der Waals surface area (Å²) in [5, 5.41) is 83.6. The molecule has 11 atom stereocenters. The van der Waals surface area contributed by atoms with E-state index in [4.69, 9.17) is 62.6 Å². The number of aliphatic hydroxyl groups is 8. The zero-order chi connectivity index (χ0) is 61.9. The molecule has 2 aromatic rings. The summed E-state index contributed by atoms with van der Waals surface area (Å²) in [4.78, 5) is 24.8. The molecular formula is C51H72F9NO23. The van der Waals surface area contributed by atoms with Gasteiger partial charge in [-0.05, 0) is 31.1 Å². The van der Waals surface area contributed by atoms with Crippen molar-refractivity contribution in [2.45, 2.75) is 99.8 Å². The van der Waals surface area contributed by atoms with Crippen LogP contribution in [0.25, 0.3) is 0 Å². The molecule has 482 valence electrons. The predicted octanol–water partition coefficient (Wildman–Crippen LogP) is -0.321. The standard InChI is InChI=1S/C51H72F9NO23/c52-33-27(34(53)48(39(58)35(33)54)83-31(64)1-6-72-11-15-77-20-22-79-18-14-75-10-5-61)23-51(24-28-42(66)45(69)43(67)29(25-62)81-28,4-9-80-50-47(71)46(70)44(68)30(26-63)82-50)3-8-74-13-17-78-21-19-76-16-12-73-7-2-32(65)84-49-40(59)37(56)36(55)38(57)41(49)60/h28-30,42-47,50,62-63,66-71H,1-26,61H2/t28-,29+,30+,42-,43-,44-,45+,46-,47+,50+,51?/m0/s1. The fourth-order valence-electron chi connectivity index (χ4n) is 8.44. The van der Waals surface area contributed by atoms with Gasteiger partial charge in [0.05, 0.1) is 138 Å².